The van der Waals surface area contributed by atoms with Crippen LogP contribution in [0.5, 0.6) is 0 Å². The molecule has 1 aromatic rings. The number of likely N-dealkylation sites (tertiary alicyclic amines) is 1. The fraction of sp³-hybridized carbons (Fsp3) is 0.680. The lowest BCUT2D eigenvalue weighted by Crippen LogP contribution is -2.63. The summed E-state index contributed by atoms with van der Waals surface area (Å²) in [6, 6.07) is 10.7. The van der Waals surface area contributed by atoms with Gasteiger partial charge in [-0.1, -0.05) is 64.4 Å². The van der Waals surface area contributed by atoms with Crippen LogP contribution in [0.2, 0.25) is 0 Å². The third kappa shape index (κ3) is 3.88. The van der Waals surface area contributed by atoms with Crippen LogP contribution in [-0.4, -0.2) is 41.7 Å². The monoisotopic (exact) mass is 395 g/mol. The van der Waals surface area contributed by atoms with Crippen LogP contribution in [0.25, 0.3) is 0 Å². The van der Waals surface area contributed by atoms with Gasteiger partial charge in [0.1, 0.15) is 5.54 Å². The maximum absolute atomic E-state index is 13.6. The molecule has 29 heavy (non-hydrogen) atoms. The fourth-order valence-corrected chi connectivity index (χ4v) is 6.04. The Labute approximate surface area is 176 Å². The average Bonchev–Trinajstić information content (AvgIpc) is 2.98. The van der Waals surface area contributed by atoms with Gasteiger partial charge in [0, 0.05) is 43.7 Å². The first-order valence-corrected chi connectivity index (χ1v) is 11.5. The third-order valence-electron chi connectivity index (χ3n) is 7.25. The summed E-state index contributed by atoms with van der Waals surface area (Å²) in [7, 11) is 0. The Morgan fingerprint density at radius 3 is 2.66 bits per heavy atom. The number of amides is 1. The van der Waals surface area contributed by atoms with Crippen LogP contribution in [0.1, 0.15) is 52.5 Å². The topological polar surface area (TPSA) is 44.7 Å². The van der Waals surface area contributed by atoms with Gasteiger partial charge in [0.25, 0.3) is 0 Å². The van der Waals surface area contributed by atoms with Crippen LogP contribution in [-0.2, 0) is 11.3 Å². The molecular weight excluding hydrogens is 358 g/mol. The lowest BCUT2D eigenvalue weighted by atomic mass is 9.59. The van der Waals surface area contributed by atoms with E-state index in [1.807, 2.05) is 18.2 Å². The van der Waals surface area contributed by atoms with Crippen LogP contribution in [0, 0.1) is 29.6 Å². The second-order valence-corrected chi connectivity index (χ2v) is 10.3. The molecule has 2 fully saturated rings. The molecule has 0 aromatic heterocycles. The largest absolute Gasteiger partial charge is 0.350 e. The first kappa shape index (κ1) is 20.6. The standard InChI is InChI=1S/C25H37N3O/c1-17(2)10-11-22-23-21-14-27-25(22,12-20(21)16-28(23)15-18(3)4)24(29)26-13-19-8-6-5-7-9-19/h5-9,14,17-18,20-23H,10-13,15-16H2,1-4H3,(H,26,29). The van der Waals surface area contributed by atoms with Crippen molar-refractivity contribution in [1.29, 1.82) is 0 Å². The molecule has 1 N–H and O–H groups in total. The molecule has 1 amide bonds. The molecule has 5 unspecified atom stereocenters. The Morgan fingerprint density at radius 1 is 1.21 bits per heavy atom. The van der Waals surface area contributed by atoms with Crippen LogP contribution in [0.15, 0.2) is 35.3 Å². The molecule has 3 heterocycles. The number of benzene rings is 1. The highest BCUT2D eigenvalue weighted by atomic mass is 16.2. The molecule has 5 rings (SSSR count). The van der Waals surface area contributed by atoms with Crippen molar-refractivity contribution in [2.75, 3.05) is 13.1 Å². The minimum atomic E-state index is -0.570. The first-order valence-electron chi connectivity index (χ1n) is 11.5. The van der Waals surface area contributed by atoms with Crippen molar-refractivity contribution < 1.29 is 4.79 Å². The highest BCUT2D eigenvalue weighted by Gasteiger charge is 2.63. The number of carbonyl (C=O) groups excluding carboxylic acids is 1. The van der Waals surface area contributed by atoms with Gasteiger partial charge in [0.15, 0.2) is 0 Å². The van der Waals surface area contributed by atoms with Crippen molar-refractivity contribution in [2.24, 2.45) is 34.6 Å². The summed E-state index contributed by atoms with van der Waals surface area (Å²) in [6.45, 7) is 12.0. The number of aliphatic imine (C=N–C) groups is 1. The molecule has 4 bridgehead atoms. The van der Waals surface area contributed by atoms with E-state index < -0.39 is 5.54 Å². The minimum absolute atomic E-state index is 0.144. The molecular formula is C25H37N3O. The van der Waals surface area contributed by atoms with E-state index in [1.165, 1.54) is 0 Å². The van der Waals surface area contributed by atoms with Crippen molar-refractivity contribution in [3.8, 4) is 0 Å². The predicted molar refractivity (Wildman–Crippen MR) is 119 cm³/mol. The van der Waals surface area contributed by atoms with Crippen LogP contribution in [0.3, 0.4) is 0 Å². The molecule has 5 atom stereocenters. The molecule has 1 aromatic carbocycles. The molecule has 3 aliphatic heterocycles. The quantitative estimate of drug-likeness (QED) is 0.718. The number of nitrogens with one attached hydrogen (secondary N) is 1. The van der Waals surface area contributed by atoms with Crippen LogP contribution in [0.4, 0.5) is 0 Å². The van der Waals surface area contributed by atoms with E-state index in [1.54, 1.807) is 0 Å². The number of hydrogen-bond donors (Lipinski definition) is 1. The van der Waals surface area contributed by atoms with E-state index >= 15 is 0 Å². The highest BCUT2D eigenvalue weighted by Crippen LogP contribution is 2.54. The smallest absolute Gasteiger partial charge is 0.248 e. The third-order valence-corrected chi connectivity index (χ3v) is 7.25. The van der Waals surface area contributed by atoms with Gasteiger partial charge in [-0.2, -0.15) is 0 Å². The van der Waals surface area contributed by atoms with Gasteiger partial charge in [0.05, 0.1) is 0 Å². The van der Waals surface area contributed by atoms with Crippen LogP contribution < -0.4 is 5.32 Å². The summed E-state index contributed by atoms with van der Waals surface area (Å²) in [6.07, 6.45) is 5.34. The first-order chi connectivity index (χ1) is 13.9. The van der Waals surface area contributed by atoms with E-state index in [9.17, 15) is 4.79 Å². The SMILES string of the molecule is CC(C)CCC1C2C3C=NC1(C(=O)NCc1ccccc1)CC3CN2CC(C)C. The van der Waals surface area contributed by atoms with E-state index in [0.29, 0.717) is 42.2 Å². The van der Waals surface area contributed by atoms with Crippen molar-refractivity contribution in [1.82, 2.24) is 10.2 Å². The van der Waals surface area contributed by atoms with E-state index in [2.05, 4.69) is 56.3 Å². The molecule has 1 saturated carbocycles. The Balaban J connectivity index is 1.58. The molecule has 4 nitrogen and oxygen atoms in total. The average molecular weight is 396 g/mol. The minimum Gasteiger partial charge on any atom is -0.350 e. The molecule has 0 spiro atoms. The normalized spacial score (nSPS) is 33.0. The number of hydrogen-bond acceptors (Lipinski definition) is 3. The molecule has 0 radical (unpaired) electrons. The van der Waals surface area contributed by atoms with Crippen molar-refractivity contribution in [3.63, 3.8) is 0 Å². The Bertz CT molecular complexity index is 744. The Hall–Kier alpha value is -1.68. The zero-order chi connectivity index (χ0) is 20.6. The zero-order valence-electron chi connectivity index (χ0n) is 18.5. The van der Waals surface area contributed by atoms with E-state index in [4.69, 9.17) is 4.99 Å². The number of carbonyl (C=O) groups is 1. The molecule has 4 heteroatoms. The zero-order valence-corrected chi connectivity index (χ0v) is 18.5. The van der Waals surface area contributed by atoms with Gasteiger partial charge in [-0.25, -0.2) is 0 Å². The van der Waals surface area contributed by atoms with Gasteiger partial charge in [-0.05, 0) is 36.2 Å². The summed E-state index contributed by atoms with van der Waals surface area (Å²) < 4.78 is 0. The summed E-state index contributed by atoms with van der Waals surface area (Å²) >= 11 is 0. The van der Waals surface area contributed by atoms with Gasteiger partial charge in [0.2, 0.25) is 5.91 Å². The van der Waals surface area contributed by atoms with Crippen LogP contribution >= 0.6 is 0 Å². The molecule has 1 saturated heterocycles. The summed E-state index contributed by atoms with van der Waals surface area (Å²) in [5, 5.41) is 3.26. The predicted octanol–water partition coefficient (Wildman–Crippen LogP) is 4.15. The number of nitrogens with zero attached hydrogens (tertiary/aromatic N) is 2. The molecule has 1 aliphatic carbocycles. The van der Waals surface area contributed by atoms with Crippen molar-refractivity contribution in [2.45, 2.75) is 65.1 Å². The Kier molecular flexibility index (Phi) is 5.83. The maximum Gasteiger partial charge on any atom is 0.248 e. The fourth-order valence-electron chi connectivity index (χ4n) is 6.04. The van der Waals surface area contributed by atoms with Gasteiger partial charge >= 0.3 is 0 Å². The van der Waals surface area contributed by atoms with Gasteiger partial charge in [-0.15, -0.1) is 0 Å². The lowest BCUT2D eigenvalue weighted by molar-refractivity contribution is -0.132. The van der Waals surface area contributed by atoms with Crippen molar-refractivity contribution in [3.05, 3.63) is 35.9 Å². The summed E-state index contributed by atoms with van der Waals surface area (Å²) in [5.41, 5.74) is 0.577. The van der Waals surface area contributed by atoms with E-state index in [-0.39, 0.29) is 5.91 Å². The van der Waals surface area contributed by atoms with Crippen molar-refractivity contribution >= 4 is 12.1 Å². The summed E-state index contributed by atoms with van der Waals surface area (Å²) in [4.78, 5) is 21.3. The second-order valence-electron chi connectivity index (χ2n) is 10.3. The maximum atomic E-state index is 13.6. The molecule has 158 valence electrons. The summed E-state index contributed by atoms with van der Waals surface area (Å²) in [5.74, 6) is 2.89. The molecule has 4 aliphatic rings. The highest BCUT2D eigenvalue weighted by molar-refractivity contribution is 5.91. The lowest BCUT2D eigenvalue weighted by Gasteiger charge is -2.51. The second kappa shape index (κ2) is 8.22. The van der Waals surface area contributed by atoms with E-state index in [0.717, 1.165) is 37.9 Å². The van der Waals surface area contributed by atoms with Gasteiger partial charge in [-0.3, -0.25) is 14.7 Å². The number of rotatable bonds is 8. The Morgan fingerprint density at radius 2 is 1.97 bits per heavy atom. The van der Waals surface area contributed by atoms with Gasteiger partial charge < -0.3 is 5.32 Å².